The Kier molecular flexibility index (Phi) is 4.69. The molecular weight excluding hydrogens is 211 g/mol. The van der Waals surface area contributed by atoms with E-state index >= 15 is 0 Å². The van der Waals surface area contributed by atoms with Crippen molar-refractivity contribution in [3.8, 4) is 5.75 Å². The minimum absolute atomic E-state index is 0.0702. The van der Waals surface area contributed by atoms with Gasteiger partial charge in [0.1, 0.15) is 5.75 Å². The van der Waals surface area contributed by atoms with Crippen molar-refractivity contribution < 1.29 is 13.9 Å². The number of nitrogens with zero attached hydrogens (tertiary/aromatic N) is 2. The van der Waals surface area contributed by atoms with Crippen molar-refractivity contribution >= 4 is 5.91 Å². The Morgan fingerprint density at radius 3 is 2.81 bits per heavy atom. The molecule has 0 unspecified atom stereocenters. The minimum atomic E-state index is -0.532. The molecule has 0 aromatic carbocycles. The average molecular weight is 226 g/mol. The van der Waals surface area contributed by atoms with Gasteiger partial charge in [-0.1, -0.05) is 0 Å². The zero-order chi connectivity index (χ0) is 12.0. The molecule has 0 spiro atoms. The SMILES string of the molecule is CN(C)C(=O)CCCOc1ccc(F)nc1. The van der Waals surface area contributed by atoms with Crippen LogP contribution in [-0.2, 0) is 4.79 Å². The Hall–Kier alpha value is -1.65. The summed E-state index contributed by atoms with van der Waals surface area (Å²) in [7, 11) is 3.43. The highest BCUT2D eigenvalue weighted by Gasteiger charge is 2.03. The van der Waals surface area contributed by atoms with Crippen LogP contribution in [0.3, 0.4) is 0 Å². The number of amides is 1. The molecule has 16 heavy (non-hydrogen) atoms. The summed E-state index contributed by atoms with van der Waals surface area (Å²) in [5, 5.41) is 0. The number of hydrogen-bond acceptors (Lipinski definition) is 3. The summed E-state index contributed by atoms with van der Waals surface area (Å²) in [4.78, 5) is 16.2. The third kappa shape index (κ3) is 4.25. The van der Waals surface area contributed by atoms with E-state index in [0.717, 1.165) is 0 Å². The van der Waals surface area contributed by atoms with E-state index in [1.807, 2.05) is 0 Å². The summed E-state index contributed by atoms with van der Waals surface area (Å²) in [6.45, 7) is 0.424. The van der Waals surface area contributed by atoms with Crippen molar-refractivity contribution in [3.63, 3.8) is 0 Å². The molecular formula is C11H15FN2O2. The van der Waals surface area contributed by atoms with Gasteiger partial charge in [0, 0.05) is 20.5 Å². The van der Waals surface area contributed by atoms with Gasteiger partial charge in [-0.3, -0.25) is 4.79 Å². The van der Waals surface area contributed by atoms with Gasteiger partial charge in [-0.2, -0.15) is 4.39 Å². The minimum Gasteiger partial charge on any atom is -0.492 e. The topological polar surface area (TPSA) is 42.4 Å². The van der Waals surface area contributed by atoms with Gasteiger partial charge in [-0.05, 0) is 18.6 Å². The second-order valence-electron chi connectivity index (χ2n) is 3.56. The molecule has 0 bridgehead atoms. The first kappa shape index (κ1) is 12.4. The highest BCUT2D eigenvalue weighted by atomic mass is 19.1. The number of rotatable bonds is 5. The molecule has 1 aromatic heterocycles. The normalized spacial score (nSPS) is 9.94. The lowest BCUT2D eigenvalue weighted by Gasteiger charge is -2.10. The molecule has 0 atom stereocenters. The van der Waals surface area contributed by atoms with Crippen LogP contribution in [0.4, 0.5) is 4.39 Å². The van der Waals surface area contributed by atoms with Crippen LogP contribution in [-0.4, -0.2) is 36.5 Å². The number of ether oxygens (including phenoxy) is 1. The molecule has 0 N–H and O–H groups in total. The first-order chi connectivity index (χ1) is 7.59. The lowest BCUT2D eigenvalue weighted by Crippen LogP contribution is -2.21. The van der Waals surface area contributed by atoms with Crippen molar-refractivity contribution in [2.24, 2.45) is 0 Å². The standard InChI is InChI=1S/C11H15FN2O2/c1-14(2)11(15)4-3-7-16-9-5-6-10(12)13-8-9/h5-6,8H,3-4,7H2,1-2H3. The Labute approximate surface area is 94.0 Å². The van der Waals surface area contributed by atoms with Crippen LogP contribution in [0.1, 0.15) is 12.8 Å². The fourth-order valence-corrected chi connectivity index (χ4v) is 1.08. The molecule has 0 aliphatic heterocycles. The van der Waals surface area contributed by atoms with Crippen LogP contribution in [0.2, 0.25) is 0 Å². The second kappa shape index (κ2) is 6.05. The van der Waals surface area contributed by atoms with Crippen LogP contribution in [0.5, 0.6) is 5.75 Å². The van der Waals surface area contributed by atoms with Crippen molar-refractivity contribution in [1.82, 2.24) is 9.88 Å². The number of carbonyl (C=O) groups is 1. The molecule has 1 rings (SSSR count). The van der Waals surface area contributed by atoms with E-state index in [2.05, 4.69) is 4.98 Å². The summed E-state index contributed by atoms with van der Waals surface area (Å²) in [5.41, 5.74) is 0. The van der Waals surface area contributed by atoms with E-state index in [0.29, 0.717) is 25.2 Å². The van der Waals surface area contributed by atoms with Crippen molar-refractivity contribution in [2.45, 2.75) is 12.8 Å². The van der Waals surface area contributed by atoms with Gasteiger partial charge >= 0.3 is 0 Å². The van der Waals surface area contributed by atoms with Gasteiger partial charge in [0.25, 0.3) is 0 Å². The molecule has 0 aliphatic rings. The van der Waals surface area contributed by atoms with Gasteiger partial charge in [0.15, 0.2) is 0 Å². The number of carbonyl (C=O) groups excluding carboxylic acids is 1. The molecule has 5 heteroatoms. The first-order valence-electron chi connectivity index (χ1n) is 5.04. The van der Waals surface area contributed by atoms with Crippen molar-refractivity contribution in [3.05, 3.63) is 24.3 Å². The van der Waals surface area contributed by atoms with E-state index in [4.69, 9.17) is 4.74 Å². The number of aromatic nitrogens is 1. The Bertz CT molecular complexity index is 338. The summed E-state index contributed by atoms with van der Waals surface area (Å²) in [6.07, 6.45) is 2.40. The molecule has 1 aromatic rings. The quantitative estimate of drug-likeness (QED) is 0.564. The van der Waals surface area contributed by atoms with Crippen molar-refractivity contribution in [2.75, 3.05) is 20.7 Å². The predicted molar refractivity (Wildman–Crippen MR) is 57.6 cm³/mol. The largest absolute Gasteiger partial charge is 0.492 e. The zero-order valence-corrected chi connectivity index (χ0v) is 9.44. The smallest absolute Gasteiger partial charge is 0.222 e. The van der Waals surface area contributed by atoms with E-state index in [1.54, 1.807) is 19.0 Å². The molecule has 0 radical (unpaired) electrons. The summed E-state index contributed by atoms with van der Waals surface area (Å²) in [5.74, 6) is 0.0506. The molecule has 1 amide bonds. The van der Waals surface area contributed by atoms with Gasteiger partial charge in [-0.25, -0.2) is 4.98 Å². The van der Waals surface area contributed by atoms with Crippen LogP contribution >= 0.6 is 0 Å². The summed E-state index contributed by atoms with van der Waals surface area (Å²) >= 11 is 0. The lowest BCUT2D eigenvalue weighted by molar-refractivity contribution is -0.128. The van der Waals surface area contributed by atoms with Crippen LogP contribution in [0.25, 0.3) is 0 Å². The second-order valence-corrected chi connectivity index (χ2v) is 3.56. The molecule has 0 aliphatic carbocycles. The molecule has 0 saturated heterocycles. The predicted octanol–water partition coefficient (Wildman–Crippen LogP) is 1.47. The maximum absolute atomic E-state index is 12.5. The molecule has 0 saturated carbocycles. The summed E-state index contributed by atoms with van der Waals surface area (Å²) in [6, 6.07) is 2.75. The van der Waals surface area contributed by atoms with Crippen LogP contribution in [0, 0.1) is 5.95 Å². The van der Waals surface area contributed by atoms with Crippen molar-refractivity contribution in [1.29, 1.82) is 0 Å². The third-order valence-corrected chi connectivity index (χ3v) is 2.00. The lowest BCUT2D eigenvalue weighted by atomic mass is 10.3. The first-order valence-corrected chi connectivity index (χ1v) is 5.04. The van der Waals surface area contributed by atoms with E-state index in [-0.39, 0.29) is 5.91 Å². The van der Waals surface area contributed by atoms with E-state index < -0.39 is 5.95 Å². The van der Waals surface area contributed by atoms with Gasteiger partial charge in [-0.15, -0.1) is 0 Å². The van der Waals surface area contributed by atoms with Crippen LogP contribution in [0.15, 0.2) is 18.3 Å². The fourth-order valence-electron chi connectivity index (χ4n) is 1.08. The average Bonchev–Trinajstić information content (AvgIpc) is 2.26. The Balaban J connectivity index is 2.21. The Morgan fingerprint density at radius 1 is 1.50 bits per heavy atom. The molecule has 1 heterocycles. The Morgan fingerprint density at radius 2 is 2.25 bits per heavy atom. The maximum atomic E-state index is 12.5. The highest BCUT2D eigenvalue weighted by Crippen LogP contribution is 2.08. The third-order valence-electron chi connectivity index (χ3n) is 2.00. The molecule has 88 valence electrons. The highest BCUT2D eigenvalue weighted by molar-refractivity contribution is 5.75. The van der Waals surface area contributed by atoms with E-state index in [9.17, 15) is 9.18 Å². The molecule has 4 nitrogen and oxygen atoms in total. The van der Waals surface area contributed by atoms with Gasteiger partial charge in [0.2, 0.25) is 11.9 Å². The fraction of sp³-hybridized carbons (Fsp3) is 0.455. The van der Waals surface area contributed by atoms with E-state index in [1.165, 1.54) is 18.3 Å². The number of hydrogen-bond donors (Lipinski definition) is 0. The number of halogens is 1. The van der Waals surface area contributed by atoms with Gasteiger partial charge < -0.3 is 9.64 Å². The van der Waals surface area contributed by atoms with Crippen LogP contribution < -0.4 is 4.74 Å². The number of pyridine rings is 1. The monoisotopic (exact) mass is 226 g/mol. The molecule has 0 fully saturated rings. The summed E-state index contributed by atoms with van der Waals surface area (Å²) < 4.78 is 17.7. The zero-order valence-electron chi connectivity index (χ0n) is 9.44. The maximum Gasteiger partial charge on any atom is 0.222 e. The van der Waals surface area contributed by atoms with Gasteiger partial charge in [0.05, 0.1) is 12.8 Å².